The number of rotatable bonds is 7. The second kappa shape index (κ2) is 8.09. The molecule has 0 aliphatic rings. The van der Waals surface area contributed by atoms with Crippen molar-refractivity contribution < 1.29 is 13.3 Å². The summed E-state index contributed by atoms with van der Waals surface area (Å²) in [5.41, 5.74) is 1.36. The summed E-state index contributed by atoms with van der Waals surface area (Å²) in [6, 6.07) is 19.2. The molecule has 3 nitrogen and oxygen atoms in total. The Balaban J connectivity index is 2.05. The van der Waals surface area contributed by atoms with E-state index in [9.17, 15) is 0 Å². The van der Waals surface area contributed by atoms with Crippen LogP contribution in [0, 0.1) is 0 Å². The third-order valence-electron chi connectivity index (χ3n) is 3.26. The Morgan fingerprint density at radius 2 is 1.38 bits per heavy atom. The maximum absolute atomic E-state index is 5.49. The normalized spacial score (nSPS) is 11.6. The van der Waals surface area contributed by atoms with Crippen molar-refractivity contribution in [2.75, 3.05) is 21.3 Å². The molecule has 0 amide bonds. The Morgan fingerprint density at radius 1 is 0.810 bits per heavy atom. The van der Waals surface area contributed by atoms with Gasteiger partial charge < -0.3 is 0 Å². The summed E-state index contributed by atoms with van der Waals surface area (Å²) in [4.78, 5) is 0. The summed E-state index contributed by atoms with van der Waals surface area (Å²) in [5, 5.41) is 0.999. The monoisotopic (exact) mass is 418 g/mol. The second-order valence-corrected chi connectivity index (χ2v) is 10.4. The van der Waals surface area contributed by atoms with Crippen molar-refractivity contribution >= 4 is 38.5 Å². The summed E-state index contributed by atoms with van der Waals surface area (Å²) in [5.74, 6) is 0. The fourth-order valence-corrected chi connectivity index (χ4v) is 6.37. The van der Waals surface area contributed by atoms with E-state index in [1.54, 1.807) is 21.3 Å². The molecule has 0 saturated carbocycles. The van der Waals surface area contributed by atoms with Crippen molar-refractivity contribution in [3.8, 4) is 0 Å². The number of hydrogen-bond acceptors (Lipinski definition) is 3. The molecule has 5 heteroatoms. The molecular weight excluding hydrogens is 396 g/mol. The van der Waals surface area contributed by atoms with Gasteiger partial charge in [-0.3, -0.25) is 0 Å². The van der Waals surface area contributed by atoms with Gasteiger partial charge in [-0.25, -0.2) is 0 Å². The Labute approximate surface area is 137 Å². The van der Waals surface area contributed by atoms with Crippen LogP contribution in [0.3, 0.4) is 0 Å². The van der Waals surface area contributed by atoms with Crippen LogP contribution in [-0.4, -0.2) is 51.1 Å². The minimum absolute atomic E-state index is 0.171. The summed E-state index contributed by atoms with van der Waals surface area (Å²) in [6.07, 6.45) is 0. The first-order chi connectivity index (χ1) is 10.2. The third kappa shape index (κ3) is 4.16. The molecule has 0 heterocycles. The first-order valence-electron chi connectivity index (χ1n) is 6.67. The fourth-order valence-electron chi connectivity index (χ4n) is 2.09. The van der Waals surface area contributed by atoms with Crippen LogP contribution in [0.15, 0.2) is 54.6 Å². The van der Waals surface area contributed by atoms with Crippen molar-refractivity contribution in [1.82, 2.24) is 0 Å². The Bertz CT molecular complexity index is 533. The van der Waals surface area contributed by atoms with Gasteiger partial charge in [0.1, 0.15) is 0 Å². The van der Waals surface area contributed by atoms with Crippen LogP contribution in [-0.2, 0) is 17.7 Å². The average molecular weight is 416 g/mol. The average Bonchev–Trinajstić information content (AvgIpc) is 2.57. The van der Waals surface area contributed by atoms with Crippen molar-refractivity contribution in [3.05, 3.63) is 60.2 Å². The van der Waals surface area contributed by atoms with Crippen LogP contribution in [0.2, 0.25) is 0 Å². The van der Waals surface area contributed by atoms with E-state index in [0.717, 1.165) is 9.66 Å². The van der Waals surface area contributed by atoms with Gasteiger partial charge in [0.05, 0.1) is 0 Å². The molecule has 0 unspecified atom stereocenters. The molecule has 2 rings (SSSR count). The molecule has 21 heavy (non-hydrogen) atoms. The van der Waals surface area contributed by atoms with E-state index in [0.29, 0.717) is 0 Å². The van der Waals surface area contributed by atoms with E-state index in [2.05, 4.69) is 54.6 Å². The van der Waals surface area contributed by atoms with Gasteiger partial charge >= 0.3 is 138 Å². The molecule has 0 aliphatic heterocycles. The molecule has 0 bridgehead atoms. The SMILES string of the molecule is CO[Si](OC)(OC)c1ccc(C[Te]c2ccccc2)cc1. The fraction of sp³-hybridized carbons (Fsp3) is 0.250. The molecule has 0 radical (unpaired) electrons. The van der Waals surface area contributed by atoms with Crippen molar-refractivity contribution in [3.63, 3.8) is 0 Å². The molecule has 0 fully saturated rings. The minimum atomic E-state index is -2.69. The van der Waals surface area contributed by atoms with Crippen LogP contribution < -0.4 is 8.80 Å². The maximum atomic E-state index is 5.49. The summed E-state index contributed by atoms with van der Waals surface area (Å²) in [7, 11) is 2.21. The van der Waals surface area contributed by atoms with E-state index in [1.807, 2.05) is 0 Å². The van der Waals surface area contributed by atoms with E-state index in [-0.39, 0.29) is 20.9 Å². The third-order valence-corrected chi connectivity index (χ3v) is 9.01. The predicted octanol–water partition coefficient (Wildman–Crippen LogP) is 1.30. The van der Waals surface area contributed by atoms with Gasteiger partial charge in [-0.1, -0.05) is 0 Å². The zero-order valence-electron chi connectivity index (χ0n) is 12.5. The second-order valence-electron chi connectivity index (χ2n) is 4.47. The molecule has 0 atom stereocenters. The molecular formula is C16H20O3SiTe. The van der Waals surface area contributed by atoms with E-state index in [1.165, 1.54) is 9.17 Å². The molecule has 0 aliphatic carbocycles. The van der Waals surface area contributed by atoms with E-state index >= 15 is 0 Å². The van der Waals surface area contributed by atoms with Gasteiger partial charge in [0, 0.05) is 0 Å². The molecule has 0 spiro atoms. The molecule has 112 valence electrons. The molecule has 0 saturated heterocycles. The van der Waals surface area contributed by atoms with Gasteiger partial charge in [0.25, 0.3) is 0 Å². The number of benzene rings is 2. The summed E-state index contributed by atoms with van der Waals surface area (Å²) in [6.45, 7) is 0. The standard InChI is InChI=1S/C16H20O3SiTe/c1-17-20(18-2,19-3)15-11-9-14(10-12-15)13-21-16-7-5-4-6-8-16/h4-12H,13H2,1-3H3. The van der Waals surface area contributed by atoms with Crippen molar-refractivity contribution in [2.45, 2.75) is 4.47 Å². The van der Waals surface area contributed by atoms with Crippen LogP contribution in [0.1, 0.15) is 5.56 Å². The van der Waals surface area contributed by atoms with Gasteiger partial charge in [-0.2, -0.15) is 0 Å². The van der Waals surface area contributed by atoms with Crippen LogP contribution in [0.4, 0.5) is 0 Å². The summed E-state index contributed by atoms with van der Waals surface area (Å²) >= 11 is -0.171. The van der Waals surface area contributed by atoms with Crippen LogP contribution in [0.5, 0.6) is 0 Å². The van der Waals surface area contributed by atoms with Crippen molar-refractivity contribution in [2.24, 2.45) is 0 Å². The Morgan fingerprint density at radius 3 is 1.90 bits per heavy atom. The Kier molecular flexibility index (Phi) is 6.43. The van der Waals surface area contributed by atoms with Gasteiger partial charge in [0.15, 0.2) is 0 Å². The summed E-state index contributed by atoms with van der Waals surface area (Å²) < 4.78 is 19.1. The molecule has 2 aromatic carbocycles. The van der Waals surface area contributed by atoms with E-state index in [4.69, 9.17) is 13.3 Å². The van der Waals surface area contributed by atoms with E-state index < -0.39 is 8.80 Å². The van der Waals surface area contributed by atoms with Crippen LogP contribution in [0.25, 0.3) is 0 Å². The predicted molar refractivity (Wildman–Crippen MR) is 88.4 cm³/mol. The first-order valence-corrected chi connectivity index (χ1v) is 11.2. The molecule has 2 aromatic rings. The van der Waals surface area contributed by atoms with Crippen molar-refractivity contribution in [1.29, 1.82) is 0 Å². The zero-order chi connectivity index (χ0) is 15.1. The first kappa shape index (κ1) is 16.7. The topological polar surface area (TPSA) is 27.7 Å². The number of hydrogen-bond donors (Lipinski definition) is 0. The quantitative estimate of drug-likeness (QED) is 0.638. The zero-order valence-corrected chi connectivity index (χ0v) is 15.9. The van der Waals surface area contributed by atoms with Gasteiger partial charge in [0.2, 0.25) is 0 Å². The van der Waals surface area contributed by atoms with Gasteiger partial charge in [-0.05, 0) is 0 Å². The van der Waals surface area contributed by atoms with Crippen LogP contribution >= 0.6 is 0 Å². The molecule has 0 aromatic heterocycles. The van der Waals surface area contributed by atoms with Gasteiger partial charge in [-0.15, -0.1) is 0 Å². The molecule has 0 N–H and O–H groups in total. The Hall–Kier alpha value is -0.674.